The predicted molar refractivity (Wildman–Crippen MR) is 75.4 cm³/mol. The third kappa shape index (κ3) is 3.09. The highest BCUT2D eigenvalue weighted by Gasteiger charge is 2.47. The minimum atomic E-state index is -4.46. The molecule has 0 amide bonds. The third-order valence-corrected chi connectivity index (χ3v) is 5.01. The number of hydrogen-bond acceptors (Lipinski definition) is 4. The summed E-state index contributed by atoms with van der Waals surface area (Å²) in [5, 5.41) is 0. The number of pyridine rings is 1. The Morgan fingerprint density at radius 3 is 2.57 bits per heavy atom. The maximum absolute atomic E-state index is 13.4. The highest BCUT2D eigenvalue weighted by molar-refractivity contribution is 5.29. The lowest BCUT2D eigenvalue weighted by Gasteiger charge is -2.19. The van der Waals surface area contributed by atoms with E-state index in [-0.39, 0.29) is 5.69 Å². The molecule has 23 heavy (non-hydrogen) atoms. The van der Waals surface area contributed by atoms with Gasteiger partial charge in [0.1, 0.15) is 5.69 Å². The molecule has 4 rings (SSSR count). The second-order valence-corrected chi connectivity index (χ2v) is 6.81. The maximum atomic E-state index is 13.4. The van der Waals surface area contributed by atoms with Crippen LogP contribution in [-0.4, -0.2) is 36.2 Å². The van der Waals surface area contributed by atoms with E-state index in [2.05, 4.69) is 9.88 Å². The third-order valence-electron chi connectivity index (χ3n) is 5.01. The van der Waals surface area contributed by atoms with Crippen LogP contribution in [0.25, 0.3) is 0 Å². The van der Waals surface area contributed by atoms with Crippen LogP contribution >= 0.6 is 0 Å². The Morgan fingerprint density at radius 2 is 1.96 bits per heavy atom. The zero-order valence-corrected chi connectivity index (χ0v) is 12.7. The molecule has 0 unspecified atom stereocenters. The Balaban J connectivity index is 1.56. The molecule has 3 fully saturated rings. The molecule has 0 bridgehead atoms. The van der Waals surface area contributed by atoms with E-state index in [1.807, 2.05) is 0 Å². The molecule has 0 radical (unpaired) electrons. The second kappa shape index (κ2) is 5.43. The van der Waals surface area contributed by atoms with Gasteiger partial charge in [-0.15, -0.1) is 0 Å². The number of likely N-dealkylation sites (tertiary alicyclic amines) is 1. The molecule has 1 spiro atoms. The summed E-state index contributed by atoms with van der Waals surface area (Å²) < 4.78 is 50.5. The molecule has 4 nitrogen and oxygen atoms in total. The minimum Gasteiger partial charge on any atom is -0.345 e. The van der Waals surface area contributed by atoms with Crippen molar-refractivity contribution >= 4 is 0 Å². The van der Waals surface area contributed by atoms with E-state index >= 15 is 0 Å². The Kier molecular flexibility index (Phi) is 3.62. The van der Waals surface area contributed by atoms with Gasteiger partial charge in [-0.3, -0.25) is 9.88 Å². The summed E-state index contributed by atoms with van der Waals surface area (Å²) >= 11 is 0. The summed E-state index contributed by atoms with van der Waals surface area (Å²) in [7, 11) is 0. The monoisotopic (exact) mass is 328 g/mol. The number of nitrogens with zero attached hydrogens (tertiary/aromatic N) is 2. The van der Waals surface area contributed by atoms with Crippen LogP contribution in [0.5, 0.6) is 0 Å². The fourth-order valence-corrected chi connectivity index (χ4v) is 3.54. The van der Waals surface area contributed by atoms with Crippen molar-refractivity contribution in [1.29, 1.82) is 0 Å². The van der Waals surface area contributed by atoms with Gasteiger partial charge in [0.15, 0.2) is 0 Å². The summed E-state index contributed by atoms with van der Waals surface area (Å²) in [5.41, 5.74) is 0.143. The quantitative estimate of drug-likeness (QED) is 0.854. The smallest absolute Gasteiger partial charge is 0.345 e. The molecule has 1 aromatic rings. The number of aromatic nitrogens is 1. The van der Waals surface area contributed by atoms with Gasteiger partial charge in [-0.05, 0) is 42.9 Å². The second-order valence-electron chi connectivity index (χ2n) is 6.81. The summed E-state index contributed by atoms with van der Waals surface area (Å²) in [5.74, 6) is 0. The van der Waals surface area contributed by atoms with Gasteiger partial charge < -0.3 is 9.47 Å². The number of ether oxygens (including phenoxy) is 2. The summed E-state index contributed by atoms with van der Waals surface area (Å²) in [6.07, 6.45) is -0.282. The van der Waals surface area contributed by atoms with E-state index in [0.717, 1.165) is 19.5 Å². The standard InChI is InChI=1S/C16H19F3N2O2/c17-16(18,19)12-7-11(8-20-13(12)14-22-5-6-23-14)9-21-4-3-15(10-21)1-2-15/h7-8,14H,1-6,9-10H2. The zero-order valence-electron chi connectivity index (χ0n) is 12.7. The van der Waals surface area contributed by atoms with Crippen molar-refractivity contribution in [2.45, 2.75) is 38.3 Å². The molecular weight excluding hydrogens is 309 g/mol. The molecule has 1 aliphatic carbocycles. The van der Waals surface area contributed by atoms with Gasteiger partial charge in [-0.1, -0.05) is 0 Å². The Bertz CT molecular complexity index is 595. The molecule has 0 aromatic carbocycles. The van der Waals surface area contributed by atoms with Crippen LogP contribution in [0.4, 0.5) is 13.2 Å². The number of hydrogen-bond donors (Lipinski definition) is 0. The first-order valence-electron chi connectivity index (χ1n) is 7.97. The number of alkyl halides is 3. The van der Waals surface area contributed by atoms with E-state index < -0.39 is 18.0 Å². The Hall–Kier alpha value is -1.18. The van der Waals surface area contributed by atoms with Crippen molar-refractivity contribution in [1.82, 2.24) is 9.88 Å². The van der Waals surface area contributed by atoms with Crippen molar-refractivity contribution in [3.8, 4) is 0 Å². The average Bonchev–Trinajstić information content (AvgIpc) is 2.89. The SMILES string of the molecule is FC(F)(F)c1cc(CN2CCC3(CC3)C2)cnc1C1OCCO1. The lowest BCUT2D eigenvalue weighted by atomic mass is 10.1. The number of rotatable bonds is 3. The largest absolute Gasteiger partial charge is 0.418 e. The summed E-state index contributed by atoms with van der Waals surface area (Å²) in [4.78, 5) is 6.25. The highest BCUT2D eigenvalue weighted by Crippen LogP contribution is 2.52. The van der Waals surface area contributed by atoms with Crippen molar-refractivity contribution in [3.05, 3.63) is 29.1 Å². The van der Waals surface area contributed by atoms with Crippen LogP contribution in [0.1, 0.15) is 42.4 Å². The number of halogens is 3. The first-order chi connectivity index (χ1) is 11.0. The molecule has 3 aliphatic rings. The lowest BCUT2D eigenvalue weighted by Crippen LogP contribution is -2.22. The molecule has 1 saturated carbocycles. The first-order valence-corrected chi connectivity index (χ1v) is 7.97. The Labute approximate surface area is 132 Å². The van der Waals surface area contributed by atoms with Crippen molar-refractivity contribution < 1.29 is 22.6 Å². The van der Waals surface area contributed by atoms with Crippen LogP contribution in [0.15, 0.2) is 12.3 Å². The van der Waals surface area contributed by atoms with Crippen molar-refractivity contribution in [2.24, 2.45) is 5.41 Å². The summed E-state index contributed by atoms with van der Waals surface area (Å²) in [6.45, 7) is 3.05. The molecule has 0 atom stereocenters. The van der Waals surface area contributed by atoms with Crippen LogP contribution in [-0.2, 0) is 22.2 Å². The van der Waals surface area contributed by atoms with Gasteiger partial charge in [-0.2, -0.15) is 13.2 Å². The van der Waals surface area contributed by atoms with E-state index in [9.17, 15) is 13.2 Å². The van der Waals surface area contributed by atoms with Gasteiger partial charge in [0.05, 0.1) is 18.8 Å². The maximum Gasteiger partial charge on any atom is 0.418 e. The predicted octanol–water partition coefficient (Wildman–Crippen LogP) is 3.13. The molecule has 2 saturated heterocycles. The molecule has 3 heterocycles. The molecular formula is C16H19F3N2O2. The fourth-order valence-electron chi connectivity index (χ4n) is 3.54. The van der Waals surface area contributed by atoms with Gasteiger partial charge in [0.2, 0.25) is 6.29 Å². The molecule has 1 aromatic heterocycles. The minimum absolute atomic E-state index is 0.168. The Morgan fingerprint density at radius 1 is 1.22 bits per heavy atom. The van der Waals surface area contributed by atoms with Gasteiger partial charge in [0.25, 0.3) is 0 Å². The van der Waals surface area contributed by atoms with Crippen LogP contribution < -0.4 is 0 Å². The van der Waals surface area contributed by atoms with Crippen LogP contribution in [0.3, 0.4) is 0 Å². The van der Waals surface area contributed by atoms with Crippen molar-refractivity contribution in [3.63, 3.8) is 0 Å². The molecule has 0 N–H and O–H groups in total. The van der Waals surface area contributed by atoms with E-state index in [1.165, 1.54) is 25.1 Å². The summed E-state index contributed by atoms with van der Waals surface area (Å²) in [6, 6.07) is 1.20. The first kappa shape index (κ1) is 15.4. The highest BCUT2D eigenvalue weighted by atomic mass is 19.4. The van der Waals surface area contributed by atoms with Crippen LogP contribution in [0, 0.1) is 5.41 Å². The van der Waals surface area contributed by atoms with E-state index in [0.29, 0.717) is 30.7 Å². The van der Waals surface area contributed by atoms with Gasteiger partial charge in [-0.25, -0.2) is 0 Å². The van der Waals surface area contributed by atoms with Crippen LogP contribution in [0.2, 0.25) is 0 Å². The van der Waals surface area contributed by atoms with E-state index in [4.69, 9.17) is 9.47 Å². The fraction of sp³-hybridized carbons (Fsp3) is 0.688. The molecule has 2 aliphatic heterocycles. The molecule has 7 heteroatoms. The normalized spacial score (nSPS) is 24.7. The van der Waals surface area contributed by atoms with E-state index in [1.54, 1.807) is 0 Å². The average molecular weight is 328 g/mol. The lowest BCUT2D eigenvalue weighted by molar-refractivity contribution is -0.143. The van der Waals surface area contributed by atoms with Gasteiger partial charge in [0, 0.05) is 19.3 Å². The topological polar surface area (TPSA) is 34.6 Å². The van der Waals surface area contributed by atoms with Gasteiger partial charge >= 0.3 is 6.18 Å². The van der Waals surface area contributed by atoms with Crippen molar-refractivity contribution in [2.75, 3.05) is 26.3 Å². The zero-order chi connectivity index (χ0) is 16.1. The molecule has 126 valence electrons.